The third-order valence-corrected chi connectivity index (χ3v) is 6.08. The van der Waals surface area contributed by atoms with E-state index in [9.17, 15) is 0 Å². The molecule has 2 N–H and O–H groups in total. The van der Waals surface area contributed by atoms with Crippen molar-refractivity contribution in [1.29, 1.82) is 0 Å². The molecule has 0 amide bonds. The van der Waals surface area contributed by atoms with Crippen molar-refractivity contribution in [2.45, 2.75) is 72.4 Å². The zero-order chi connectivity index (χ0) is 21.4. The molecule has 2 aliphatic rings. The molecule has 2 saturated heterocycles. The number of piperidine rings is 1. The fourth-order valence-electron chi connectivity index (χ4n) is 4.60. The first kappa shape index (κ1) is 26.2. The summed E-state index contributed by atoms with van der Waals surface area (Å²) < 4.78 is 6.14. The predicted octanol–water partition coefficient (Wildman–Crippen LogP) is 4.59. The quantitative estimate of drug-likeness (QED) is 0.313. The van der Waals surface area contributed by atoms with Crippen LogP contribution in [-0.2, 0) is 11.3 Å². The molecule has 0 spiro atoms. The predicted molar refractivity (Wildman–Crippen MR) is 140 cm³/mol. The lowest BCUT2D eigenvalue weighted by molar-refractivity contribution is -0.0835. The topological polar surface area (TPSA) is 61.8 Å². The van der Waals surface area contributed by atoms with E-state index in [1.165, 1.54) is 31.2 Å². The second kappa shape index (κ2) is 12.8. The van der Waals surface area contributed by atoms with Gasteiger partial charge in [0.25, 0.3) is 0 Å². The average molecular weight is 544 g/mol. The molecule has 7 heteroatoms. The number of rotatable bonds is 6. The van der Waals surface area contributed by atoms with E-state index in [-0.39, 0.29) is 35.5 Å². The third-order valence-electron chi connectivity index (χ3n) is 6.08. The van der Waals surface area contributed by atoms with Gasteiger partial charge in [-0.1, -0.05) is 20.8 Å². The van der Waals surface area contributed by atoms with Gasteiger partial charge in [0.05, 0.1) is 12.6 Å². The second-order valence-corrected chi connectivity index (χ2v) is 9.71. The number of pyridine rings is 1. The first-order chi connectivity index (χ1) is 14.5. The molecule has 0 radical (unpaired) electrons. The van der Waals surface area contributed by atoms with E-state index in [1.54, 1.807) is 0 Å². The van der Waals surface area contributed by atoms with Crippen molar-refractivity contribution in [1.82, 2.24) is 15.6 Å². The summed E-state index contributed by atoms with van der Waals surface area (Å²) in [5.74, 6) is 2.48. The molecule has 2 atom stereocenters. The molecule has 0 bridgehead atoms. The van der Waals surface area contributed by atoms with Crippen LogP contribution in [0.1, 0.15) is 65.4 Å². The smallest absolute Gasteiger partial charge is 0.191 e. The Morgan fingerprint density at radius 3 is 2.68 bits per heavy atom. The number of hydrogen-bond donors (Lipinski definition) is 2. The fraction of sp³-hybridized carbons (Fsp3) is 0.750. The molecule has 3 rings (SSSR count). The molecule has 1 aromatic heterocycles. The summed E-state index contributed by atoms with van der Waals surface area (Å²) >= 11 is 0. The van der Waals surface area contributed by atoms with Gasteiger partial charge in [0.1, 0.15) is 5.82 Å². The van der Waals surface area contributed by atoms with Crippen molar-refractivity contribution in [3.63, 3.8) is 0 Å². The van der Waals surface area contributed by atoms with E-state index in [4.69, 9.17) is 9.73 Å². The monoisotopic (exact) mass is 543 g/mol. The molecule has 176 valence electrons. The van der Waals surface area contributed by atoms with Gasteiger partial charge in [0.15, 0.2) is 5.96 Å². The summed E-state index contributed by atoms with van der Waals surface area (Å²) in [4.78, 5) is 11.8. The molecule has 2 fully saturated rings. The van der Waals surface area contributed by atoms with Gasteiger partial charge in [-0.05, 0) is 62.1 Å². The Hall–Kier alpha value is -1.09. The van der Waals surface area contributed by atoms with Crippen molar-refractivity contribution in [2.24, 2.45) is 16.3 Å². The van der Waals surface area contributed by atoms with Crippen LogP contribution in [0.5, 0.6) is 0 Å². The number of anilines is 1. The Morgan fingerprint density at radius 1 is 1.19 bits per heavy atom. The van der Waals surface area contributed by atoms with Gasteiger partial charge >= 0.3 is 0 Å². The molecule has 0 saturated carbocycles. The molecular weight excluding hydrogens is 501 g/mol. The highest BCUT2D eigenvalue weighted by Gasteiger charge is 2.35. The van der Waals surface area contributed by atoms with E-state index < -0.39 is 0 Å². The first-order valence-electron chi connectivity index (χ1n) is 11.8. The van der Waals surface area contributed by atoms with Gasteiger partial charge in [0.2, 0.25) is 0 Å². The van der Waals surface area contributed by atoms with Gasteiger partial charge < -0.3 is 20.3 Å². The summed E-state index contributed by atoms with van der Waals surface area (Å²) in [6.07, 6.45) is 8.41. The number of halogens is 1. The van der Waals surface area contributed by atoms with Crippen LogP contribution in [0.15, 0.2) is 23.3 Å². The normalized spacial score (nSPS) is 22.6. The zero-order valence-electron chi connectivity index (χ0n) is 19.8. The minimum Gasteiger partial charge on any atom is -0.377 e. The summed E-state index contributed by atoms with van der Waals surface area (Å²) in [6, 6.07) is 4.27. The SMILES string of the molecule is CCNC(=NCc1ccnc(N2CCCCC2)c1)NCC1CCCOC1C(C)(C)C.I. The minimum absolute atomic E-state index is 0. The van der Waals surface area contributed by atoms with Crippen molar-refractivity contribution >= 4 is 35.8 Å². The number of ether oxygens (including phenoxy) is 1. The first-order valence-corrected chi connectivity index (χ1v) is 11.8. The maximum atomic E-state index is 6.14. The third kappa shape index (κ3) is 8.08. The van der Waals surface area contributed by atoms with Crippen molar-refractivity contribution < 1.29 is 4.74 Å². The summed E-state index contributed by atoms with van der Waals surface area (Å²) in [5.41, 5.74) is 1.36. The van der Waals surface area contributed by atoms with Gasteiger partial charge in [-0.3, -0.25) is 0 Å². The van der Waals surface area contributed by atoms with Gasteiger partial charge in [0, 0.05) is 44.9 Å². The minimum atomic E-state index is 0. The Morgan fingerprint density at radius 2 is 1.97 bits per heavy atom. The largest absolute Gasteiger partial charge is 0.377 e. The summed E-state index contributed by atoms with van der Waals surface area (Å²) in [7, 11) is 0. The highest BCUT2D eigenvalue weighted by molar-refractivity contribution is 14.0. The van der Waals surface area contributed by atoms with E-state index in [2.05, 4.69) is 60.3 Å². The number of aromatic nitrogens is 1. The molecule has 6 nitrogen and oxygen atoms in total. The lowest BCUT2D eigenvalue weighted by Gasteiger charge is -2.40. The number of nitrogens with zero attached hydrogens (tertiary/aromatic N) is 3. The van der Waals surface area contributed by atoms with Crippen molar-refractivity contribution in [3.05, 3.63) is 23.9 Å². The molecular formula is C24H42IN5O. The van der Waals surface area contributed by atoms with Gasteiger partial charge in [-0.25, -0.2) is 9.98 Å². The van der Waals surface area contributed by atoms with E-state index in [0.717, 1.165) is 51.0 Å². The number of guanidine groups is 1. The Kier molecular flexibility index (Phi) is 10.8. The van der Waals surface area contributed by atoms with Crippen LogP contribution in [0.25, 0.3) is 0 Å². The molecule has 2 aliphatic heterocycles. The summed E-state index contributed by atoms with van der Waals surface area (Å²) in [6.45, 7) is 14.4. The molecule has 2 unspecified atom stereocenters. The average Bonchev–Trinajstić information content (AvgIpc) is 2.76. The lowest BCUT2D eigenvalue weighted by Crippen LogP contribution is -2.47. The number of hydrogen-bond acceptors (Lipinski definition) is 4. The summed E-state index contributed by atoms with van der Waals surface area (Å²) in [5, 5.41) is 6.97. The Labute approximate surface area is 206 Å². The molecule has 1 aromatic rings. The Balaban J connectivity index is 0.00000341. The van der Waals surface area contributed by atoms with Crippen LogP contribution in [-0.4, -0.2) is 49.8 Å². The maximum absolute atomic E-state index is 6.14. The second-order valence-electron chi connectivity index (χ2n) is 9.71. The Bertz CT molecular complexity index is 685. The van der Waals surface area contributed by atoms with E-state index in [0.29, 0.717) is 12.5 Å². The molecule has 3 heterocycles. The number of nitrogens with one attached hydrogen (secondary N) is 2. The molecule has 31 heavy (non-hydrogen) atoms. The van der Waals surface area contributed by atoms with Crippen LogP contribution in [0.3, 0.4) is 0 Å². The van der Waals surface area contributed by atoms with Crippen LogP contribution < -0.4 is 15.5 Å². The van der Waals surface area contributed by atoms with Crippen molar-refractivity contribution in [3.8, 4) is 0 Å². The van der Waals surface area contributed by atoms with Crippen LogP contribution in [0.2, 0.25) is 0 Å². The lowest BCUT2D eigenvalue weighted by atomic mass is 9.78. The van der Waals surface area contributed by atoms with Crippen LogP contribution >= 0.6 is 24.0 Å². The zero-order valence-corrected chi connectivity index (χ0v) is 22.2. The number of aliphatic imine (C=N–C) groups is 1. The fourth-order valence-corrected chi connectivity index (χ4v) is 4.60. The van der Waals surface area contributed by atoms with Crippen LogP contribution in [0.4, 0.5) is 5.82 Å². The van der Waals surface area contributed by atoms with E-state index >= 15 is 0 Å². The van der Waals surface area contributed by atoms with Crippen LogP contribution in [0, 0.1) is 11.3 Å². The standard InChI is InChI=1S/C24H41N5O.HI/c1-5-25-23(28-18-20-10-9-15-30-22(20)24(2,3)4)27-17-19-11-12-26-21(16-19)29-13-7-6-8-14-29;/h11-12,16,20,22H,5-10,13-15,17-18H2,1-4H3,(H2,25,27,28);1H. The molecule has 0 aromatic carbocycles. The van der Waals surface area contributed by atoms with Gasteiger partial charge in [-0.15, -0.1) is 24.0 Å². The highest BCUT2D eigenvalue weighted by Crippen LogP contribution is 2.33. The van der Waals surface area contributed by atoms with E-state index in [1.807, 2.05) is 6.20 Å². The van der Waals surface area contributed by atoms with Gasteiger partial charge in [-0.2, -0.15) is 0 Å². The highest BCUT2D eigenvalue weighted by atomic mass is 127. The maximum Gasteiger partial charge on any atom is 0.191 e. The van der Waals surface area contributed by atoms with Crippen molar-refractivity contribution in [2.75, 3.05) is 37.7 Å². The molecule has 0 aliphatic carbocycles.